The number of nitrogens with two attached hydrogens (primary N) is 1. The molecular formula is C32H35FN6O5. The van der Waals surface area contributed by atoms with Gasteiger partial charge in [-0.25, -0.2) is 9.37 Å². The number of pyridine rings is 1. The number of piperidine rings is 1. The maximum atomic E-state index is 14.3. The number of halogens is 1. The number of amides is 1. The fraction of sp³-hybridized carbons (Fsp3) is 0.406. The Labute approximate surface area is 253 Å². The zero-order chi connectivity index (χ0) is 31.3. The van der Waals surface area contributed by atoms with Crippen molar-refractivity contribution < 1.29 is 28.9 Å². The van der Waals surface area contributed by atoms with Gasteiger partial charge in [-0.3, -0.25) is 14.6 Å². The molecule has 4 N–H and O–H groups in total. The van der Waals surface area contributed by atoms with Gasteiger partial charge >= 0.3 is 0 Å². The maximum absolute atomic E-state index is 14.3. The number of hydrogen-bond acceptors (Lipinski definition) is 9. The molecule has 6 rings (SSSR count). The van der Waals surface area contributed by atoms with Crippen LogP contribution in [0.1, 0.15) is 61.5 Å². The van der Waals surface area contributed by atoms with Crippen molar-refractivity contribution >= 4 is 23.2 Å². The van der Waals surface area contributed by atoms with Gasteiger partial charge in [0.25, 0.3) is 0 Å². The van der Waals surface area contributed by atoms with Gasteiger partial charge < -0.3 is 25.6 Å². The SMILES string of the molecule is COc1ccc(-c2ccc(-c3cnn4c(N)c(C(C)=O)c(C5CC6CCC(C5)N6C(=O)C(C)(CO)CO)nc34)cn2)cc1F. The molecule has 2 fully saturated rings. The molecule has 0 radical (unpaired) electrons. The Morgan fingerprint density at radius 2 is 1.77 bits per heavy atom. The van der Waals surface area contributed by atoms with Crippen LogP contribution < -0.4 is 10.5 Å². The summed E-state index contributed by atoms with van der Waals surface area (Å²) in [5, 5.41) is 24.1. The summed E-state index contributed by atoms with van der Waals surface area (Å²) in [5.74, 6) is -0.742. The van der Waals surface area contributed by atoms with Gasteiger partial charge in [0.05, 0.1) is 48.9 Å². The molecule has 1 aromatic carbocycles. The van der Waals surface area contributed by atoms with E-state index in [1.807, 2.05) is 11.0 Å². The van der Waals surface area contributed by atoms with Crippen molar-refractivity contribution in [1.29, 1.82) is 0 Å². The third-order valence-electron chi connectivity index (χ3n) is 9.15. The van der Waals surface area contributed by atoms with Gasteiger partial charge in [0.15, 0.2) is 23.0 Å². The van der Waals surface area contributed by atoms with Crippen molar-refractivity contribution in [2.24, 2.45) is 5.41 Å². The number of rotatable bonds is 8. The summed E-state index contributed by atoms with van der Waals surface area (Å²) in [6.07, 6.45) is 6.04. The first-order valence-electron chi connectivity index (χ1n) is 14.6. The second-order valence-electron chi connectivity index (χ2n) is 12.0. The van der Waals surface area contributed by atoms with Gasteiger partial charge in [-0.05, 0) is 63.8 Å². The monoisotopic (exact) mass is 602 g/mol. The summed E-state index contributed by atoms with van der Waals surface area (Å²) in [5.41, 5.74) is 9.27. The number of carbonyl (C=O) groups is 2. The number of Topliss-reactive ketones (excluding diaryl/α,β-unsaturated/α-hetero) is 1. The molecule has 12 heteroatoms. The Kier molecular flexibility index (Phi) is 7.58. The molecule has 11 nitrogen and oxygen atoms in total. The molecule has 2 unspecified atom stereocenters. The first-order valence-corrected chi connectivity index (χ1v) is 14.6. The standard InChI is InChI=1S/C32H35FN6O5/c1-17(42)27-28(20-10-21-6-7-22(11-20)38(21)31(43)32(2,15-40)16-41)37-30-23(14-36-39(30)29(27)34)19-4-8-25(35-13-19)18-5-9-26(44-3)24(33)12-18/h4-5,8-9,12-14,20-22,40-41H,6-7,10-11,15-16,34H2,1-3H3. The number of benzene rings is 1. The van der Waals surface area contributed by atoms with Crippen molar-refractivity contribution in [1.82, 2.24) is 24.5 Å². The predicted molar refractivity (Wildman–Crippen MR) is 160 cm³/mol. The summed E-state index contributed by atoms with van der Waals surface area (Å²) in [7, 11) is 1.41. The lowest BCUT2D eigenvalue weighted by atomic mass is 9.82. The lowest BCUT2D eigenvalue weighted by molar-refractivity contribution is -0.151. The maximum Gasteiger partial charge on any atom is 0.233 e. The molecule has 0 spiro atoms. The van der Waals surface area contributed by atoms with Gasteiger partial charge in [-0.2, -0.15) is 9.61 Å². The number of ether oxygens (including phenoxy) is 1. The normalized spacial score (nSPS) is 19.9. The van der Waals surface area contributed by atoms with Crippen LogP contribution in [-0.2, 0) is 4.79 Å². The Bertz CT molecular complexity index is 1740. The second kappa shape index (κ2) is 11.3. The number of methoxy groups -OCH3 is 1. The van der Waals surface area contributed by atoms with Gasteiger partial charge in [0, 0.05) is 40.9 Å². The number of ketones is 1. The number of nitrogen functional groups attached to an aromatic ring is 1. The van der Waals surface area contributed by atoms with Gasteiger partial charge in [-0.1, -0.05) is 6.07 Å². The minimum Gasteiger partial charge on any atom is -0.494 e. The van der Waals surface area contributed by atoms with Crippen molar-refractivity contribution in [3.05, 3.63) is 59.8 Å². The van der Waals surface area contributed by atoms with Crippen molar-refractivity contribution in [3.8, 4) is 28.1 Å². The summed E-state index contributed by atoms with van der Waals surface area (Å²) in [6.45, 7) is 2.14. The van der Waals surface area contributed by atoms with E-state index >= 15 is 0 Å². The molecule has 2 bridgehead atoms. The van der Waals surface area contributed by atoms with Crippen LogP contribution in [0.2, 0.25) is 0 Å². The Morgan fingerprint density at radius 1 is 1.09 bits per heavy atom. The van der Waals surface area contributed by atoms with Crippen LogP contribution in [0.5, 0.6) is 5.75 Å². The first kappa shape index (κ1) is 29.6. The Morgan fingerprint density at radius 3 is 2.34 bits per heavy atom. The van der Waals surface area contributed by atoms with Crippen LogP contribution in [0.25, 0.3) is 28.0 Å². The molecule has 0 saturated carbocycles. The molecular weight excluding hydrogens is 567 g/mol. The smallest absolute Gasteiger partial charge is 0.233 e. The quantitative estimate of drug-likeness (QED) is 0.256. The van der Waals surface area contributed by atoms with Crippen LogP contribution in [-0.4, -0.2) is 78.8 Å². The van der Waals surface area contributed by atoms with E-state index in [-0.39, 0.29) is 41.3 Å². The Hall–Kier alpha value is -4.42. The lowest BCUT2D eigenvalue weighted by Crippen LogP contribution is -2.54. The molecule has 2 saturated heterocycles. The molecule has 2 aliphatic rings. The highest BCUT2D eigenvalue weighted by Gasteiger charge is 2.49. The average molecular weight is 603 g/mol. The van der Waals surface area contributed by atoms with E-state index in [1.165, 1.54) is 24.6 Å². The molecule has 4 aromatic rings. The fourth-order valence-corrected chi connectivity index (χ4v) is 6.67. The van der Waals surface area contributed by atoms with E-state index < -0.39 is 24.4 Å². The number of aliphatic hydroxyl groups excluding tert-OH is 2. The number of hydrogen-bond donors (Lipinski definition) is 3. The van der Waals surface area contributed by atoms with E-state index in [0.717, 1.165) is 18.4 Å². The molecule has 2 atom stereocenters. The highest BCUT2D eigenvalue weighted by molar-refractivity contribution is 6.00. The largest absolute Gasteiger partial charge is 0.494 e. The third-order valence-corrected chi connectivity index (χ3v) is 9.15. The summed E-state index contributed by atoms with van der Waals surface area (Å²) < 4.78 is 20.8. The molecule has 230 valence electrons. The van der Waals surface area contributed by atoms with Crippen LogP contribution in [0.15, 0.2) is 42.7 Å². The van der Waals surface area contributed by atoms with Crippen LogP contribution in [0.3, 0.4) is 0 Å². The van der Waals surface area contributed by atoms with Crippen molar-refractivity contribution in [3.63, 3.8) is 0 Å². The average Bonchev–Trinajstić information content (AvgIpc) is 3.57. The fourth-order valence-electron chi connectivity index (χ4n) is 6.67. The number of fused-ring (bicyclic) bond motifs is 3. The van der Waals surface area contributed by atoms with Crippen LogP contribution in [0, 0.1) is 11.2 Å². The zero-order valence-electron chi connectivity index (χ0n) is 24.8. The molecule has 2 aliphatic heterocycles. The van der Waals surface area contributed by atoms with Crippen LogP contribution >= 0.6 is 0 Å². The van der Waals surface area contributed by atoms with Gasteiger partial charge in [-0.15, -0.1) is 0 Å². The molecule has 0 aliphatic carbocycles. The highest BCUT2D eigenvalue weighted by Crippen LogP contribution is 2.46. The zero-order valence-corrected chi connectivity index (χ0v) is 24.8. The summed E-state index contributed by atoms with van der Waals surface area (Å²) in [4.78, 5) is 37.7. The topological polar surface area (TPSA) is 156 Å². The first-order chi connectivity index (χ1) is 21.1. The van der Waals surface area contributed by atoms with Gasteiger partial charge in [0.1, 0.15) is 5.82 Å². The van der Waals surface area contributed by atoms with Crippen molar-refractivity contribution in [2.45, 2.75) is 57.5 Å². The molecule has 1 amide bonds. The minimum absolute atomic E-state index is 0.105. The number of aliphatic hydroxyl groups is 2. The van der Waals surface area contributed by atoms with E-state index in [1.54, 1.807) is 37.5 Å². The lowest BCUT2D eigenvalue weighted by Gasteiger charge is -2.42. The van der Waals surface area contributed by atoms with E-state index in [9.17, 15) is 24.2 Å². The van der Waals surface area contributed by atoms with Crippen molar-refractivity contribution in [2.75, 3.05) is 26.1 Å². The second-order valence-corrected chi connectivity index (χ2v) is 12.0. The predicted octanol–water partition coefficient (Wildman–Crippen LogP) is 3.62. The van der Waals surface area contributed by atoms with E-state index in [4.69, 9.17) is 15.5 Å². The summed E-state index contributed by atoms with van der Waals surface area (Å²) >= 11 is 0. The van der Waals surface area contributed by atoms with Gasteiger partial charge in [0.2, 0.25) is 5.91 Å². The molecule has 5 heterocycles. The Balaban J connectivity index is 1.35. The highest BCUT2D eigenvalue weighted by atomic mass is 19.1. The summed E-state index contributed by atoms with van der Waals surface area (Å²) in [6, 6.07) is 8.08. The molecule has 44 heavy (non-hydrogen) atoms. The number of aromatic nitrogens is 4. The van der Waals surface area contributed by atoms with E-state index in [0.29, 0.717) is 46.6 Å². The van der Waals surface area contributed by atoms with E-state index in [2.05, 4.69) is 10.1 Å². The third kappa shape index (κ3) is 4.78. The van der Waals surface area contributed by atoms with Crippen LogP contribution in [0.4, 0.5) is 10.2 Å². The number of anilines is 1. The minimum atomic E-state index is -1.25. The number of carbonyl (C=O) groups excluding carboxylic acids is 2. The number of nitrogens with zero attached hydrogens (tertiary/aromatic N) is 5. The molecule has 3 aromatic heterocycles.